The summed E-state index contributed by atoms with van der Waals surface area (Å²) in [5.74, 6) is 2.01. The molecule has 0 saturated heterocycles. The van der Waals surface area contributed by atoms with E-state index in [2.05, 4.69) is 133 Å². The van der Waals surface area contributed by atoms with Crippen molar-refractivity contribution < 1.29 is 0 Å². The number of hydrogen-bond acceptors (Lipinski definition) is 4. The molecule has 0 spiro atoms. The van der Waals surface area contributed by atoms with Gasteiger partial charge in [0.2, 0.25) is 0 Å². The highest BCUT2D eigenvalue weighted by Gasteiger charge is 2.19. The van der Waals surface area contributed by atoms with Crippen molar-refractivity contribution in [3.05, 3.63) is 152 Å². The van der Waals surface area contributed by atoms with Gasteiger partial charge in [0.1, 0.15) is 0 Å². The molecule has 0 aliphatic rings. The zero-order valence-corrected chi connectivity index (χ0v) is 26.0. The van der Waals surface area contributed by atoms with Gasteiger partial charge >= 0.3 is 0 Å². The Kier molecular flexibility index (Phi) is 5.74. The Bertz CT molecular complexity index is 2850. The van der Waals surface area contributed by atoms with Crippen molar-refractivity contribution in [1.82, 2.24) is 15.0 Å². The summed E-state index contributed by atoms with van der Waals surface area (Å²) >= 11 is 1.81. The fourth-order valence-corrected chi connectivity index (χ4v) is 8.30. The average molecular weight is 616 g/mol. The number of hydrogen-bond donors (Lipinski definition) is 0. The maximum Gasteiger partial charge on any atom is 0.164 e. The Labute approximate surface area is 274 Å². The first-order valence-corrected chi connectivity index (χ1v) is 16.6. The van der Waals surface area contributed by atoms with Gasteiger partial charge in [-0.15, -0.1) is 11.3 Å². The molecule has 0 atom stereocenters. The summed E-state index contributed by atoms with van der Waals surface area (Å²) < 4.78 is 2.48. The summed E-state index contributed by atoms with van der Waals surface area (Å²) in [6, 6.07) is 53.8. The number of benzene rings is 8. The third-order valence-corrected chi connectivity index (χ3v) is 10.5. The molecule has 10 aromatic rings. The zero-order chi connectivity index (χ0) is 30.9. The standard InChI is InChI=1S/C43H25N3S/c1-2-11-28(12-3-1)41-44-42(46-43(45-41)36-17-9-19-38-40(36)34-15-6-7-18-37(34)47-38)35-16-8-13-27-21-23-32-31-22-20-26-10-4-5-14-29(26)30(31)24-25-33(32)39(27)35/h1-25H. The van der Waals surface area contributed by atoms with Crippen LogP contribution < -0.4 is 0 Å². The Morgan fingerprint density at radius 2 is 0.872 bits per heavy atom. The molecule has 2 aromatic heterocycles. The topological polar surface area (TPSA) is 38.7 Å². The van der Waals surface area contributed by atoms with Crippen LogP contribution in [0, 0.1) is 0 Å². The Hall–Kier alpha value is -5.97. The molecule has 10 rings (SSSR count). The second-order valence-corrected chi connectivity index (χ2v) is 13.0. The van der Waals surface area contributed by atoms with Crippen LogP contribution >= 0.6 is 11.3 Å². The van der Waals surface area contributed by atoms with Gasteiger partial charge in [-0.25, -0.2) is 15.0 Å². The van der Waals surface area contributed by atoms with Crippen LogP contribution in [0.1, 0.15) is 0 Å². The van der Waals surface area contributed by atoms with Crippen LogP contribution in [0.2, 0.25) is 0 Å². The van der Waals surface area contributed by atoms with Gasteiger partial charge in [0.05, 0.1) is 0 Å². The Balaban J connectivity index is 1.28. The van der Waals surface area contributed by atoms with Crippen LogP contribution in [0.4, 0.5) is 0 Å². The van der Waals surface area contributed by atoms with Gasteiger partial charge in [-0.2, -0.15) is 0 Å². The molecular weight excluding hydrogens is 591 g/mol. The number of rotatable bonds is 3. The van der Waals surface area contributed by atoms with Gasteiger partial charge < -0.3 is 0 Å². The van der Waals surface area contributed by atoms with E-state index in [0.717, 1.165) is 27.5 Å². The minimum Gasteiger partial charge on any atom is -0.208 e. The van der Waals surface area contributed by atoms with Crippen LogP contribution in [-0.2, 0) is 0 Å². The van der Waals surface area contributed by atoms with E-state index < -0.39 is 0 Å². The molecule has 3 nitrogen and oxygen atoms in total. The molecule has 0 N–H and O–H groups in total. The van der Waals surface area contributed by atoms with Gasteiger partial charge in [-0.1, -0.05) is 140 Å². The van der Waals surface area contributed by atoms with Crippen LogP contribution in [0.5, 0.6) is 0 Å². The molecule has 0 amide bonds. The zero-order valence-electron chi connectivity index (χ0n) is 25.2. The summed E-state index contributed by atoms with van der Waals surface area (Å²) in [7, 11) is 0. The summed E-state index contributed by atoms with van der Waals surface area (Å²) in [4.78, 5) is 15.6. The minimum absolute atomic E-state index is 0.663. The molecule has 2 heterocycles. The number of aromatic nitrogens is 3. The SMILES string of the molecule is c1ccc(-c2nc(-c3cccc4ccc5c6ccc7ccccc7c6ccc5c34)nc(-c3cccc4sc5ccccc5c34)n2)cc1. The molecule has 0 aliphatic heterocycles. The van der Waals surface area contributed by atoms with Crippen molar-refractivity contribution in [3.8, 4) is 34.2 Å². The van der Waals surface area contributed by atoms with Crippen molar-refractivity contribution in [2.24, 2.45) is 0 Å². The fourth-order valence-electron chi connectivity index (χ4n) is 7.17. The number of thiophene rings is 1. The van der Waals surface area contributed by atoms with Crippen molar-refractivity contribution >= 4 is 74.6 Å². The lowest BCUT2D eigenvalue weighted by atomic mass is 9.92. The van der Waals surface area contributed by atoms with Crippen molar-refractivity contribution in [2.75, 3.05) is 0 Å². The highest BCUT2D eigenvalue weighted by atomic mass is 32.1. The largest absolute Gasteiger partial charge is 0.208 e. The first-order chi connectivity index (χ1) is 23.3. The second-order valence-electron chi connectivity index (χ2n) is 12.0. The van der Waals surface area contributed by atoms with Gasteiger partial charge in [0.15, 0.2) is 17.5 Å². The molecule has 8 aromatic carbocycles. The fraction of sp³-hybridized carbons (Fsp3) is 0. The van der Waals surface area contributed by atoms with Crippen LogP contribution in [-0.4, -0.2) is 15.0 Å². The monoisotopic (exact) mass is 615 g/mol. The first-order valence-electron chi connectivity index (χ1n) is 15.8. The van der Waals surface area contributed by atoms with E-state index in [0.29, 0.717) is 17.5 Å². The van der Waals surface area contributed by atoms with Crippen molar-refractivity contribution in [1.29, 1.82) is 0 Å². The van der Waals surface area contributed by atoms with E-state index >= 15 is 0 Å². The average Bonchev–Trinajstić information content (AvgIpc) is 3.53. The molecule has 47 heavy (non-hydrogen) atoms. The van der Waals surface area contributed by atoms with Crippen molar-refractivity contribution in [2.45, 2.75) is 0 Å². The molecule has 0 radical (unpaired) electrons. The highest BCUT2D eigenvalue weighted by Crippen LogP contribution is 2.41. The molecular formula is C43H25N3S. The molecule has 0 saturated carbocycles. The van der Waals surface area contributed by atoms with Crippen LogP contribution in [0.15, 0.2) is 152 Å². The molecule has 0 aliphatic carbocycles. The molecule has 0 fully saturated rings. The van der Waals surface area contributed by atoms with Crippen molar-refractivity contribution in [3.63, 3.8) is 0 Å². The number of fused-ring (bicyclic) bond motifs is 10. The van der Waals surface area contributed by atoms with Gasteiger partial charge in [0, 0.05) is 42.2 Å². The van der Waals surface area contributed by atoms with E-state index in [1.54, 1.807) is 11.3 Å². The lowest BCUT2D eigenvalue weighted by Gasteiger charge is -2.14. The Morgan fingerprint density at radius 1 is 0.319 bits per heavy atom. The van der Waals surface area contributed by atoms with Crippen LogP contribution in [0.25, 0.3) is 97.4 Å². The van der Waals surface area contributed by atoms with Gasteiger partial charge in [0.25, 0.3) is 0 Å². The third kappa shape index (κ3) is 4.09. The van der Waals surface area contributed by atoms with Gasteiger partial charge in [-0.3, -0.25) is 0 Å². The van der Waals surface area contributed by atoms with E-state index in [1.807, 2.05) is 18.2 Å². The number of nitrogens with zero attached hydrogens (tertiary/aromatic N) is 3. The summed E-state index contributed by atoms with van der Waals surface area (Å²) in [6.07, 6.45) is 0. The van der Waals surface area contributed by atoms with Crippen LogP contribution in [0.3, 0.4) is 0 Å². The maximum atomic E-state index is 5.28. The van der Waals surface area contributed by atoms with E-state index in [1.165, 1.54) is 52.5 Å². The predicted molar refractivity (Wildman–Crippen MR) is 199 cm³/mol. The third-order valence-electron chi connectivity index (χ3n) is 9.32. The summed E-state index contributed by atoms with van der Waals surface area (Å²) in [5.41, 5.74) is 2.97. The van der Waals surface area contributed by atoms with Gasteiger partial charge in [-0.05, 0) is 49.8 Å². The molecule has 0 bridgehead atoms. The highest BCUT2D eigenvalue weighted by molar-refractivity contribution is 7.25. The lowest BCUT2D eigenvalue weighted by molar-refractivity contribution is 1.08. The smallest absolute Gasteiger partial charge is 0.164 e. The molecule has 4 heteroatoms. The normalized spacial score (nSPS) is 11.8. The van der Waals surface area contributed by atoms with E-state index in [-0.39, 0.29) is 0 Å². The molecule has 0 unspecified atom stereocenters. The second kappa shape index (κ2) is 10.3. The minimum atomic E-state index is 0.663. The van der Waals surface area contributed by atoms with E-state index in [9.17, 15) is 0 Å². The van der Waals surface area contributed by atoms with E-state index in [4.69, 9.17) is 15.0 Å². The lowest BCUT2D eigenvalue weighted by Crippen LogP contribution is -2.01. The Morgan fingerprint density at radius 3 is 1.72 bits per heavy atom. The quantitative estimate of drug-likeness (QED) is 0.186. The first kappa shape index (κ1) is 26.3. The molecule has 218 valence electrons. The summed E-state index contributed by atoms with van der Waals surface area (Å²) in [5, 5.41) is 12.2. The maximum absolute atomic E-state index is 5.28. The predicted octanol–water partition coefficient (Wildman–Crippen LogP) is 11.9. The summed E-state index contributed by atoms with van der Waals surface area (Å²) in [6.45, 7) is 0.